The molecule has 1 amide bonds. The summed E-state index contributed by atoms with van der Waals surface area (Å²) in [7, 11) is 1.57. The highest BCUT2D eigenvalue weighted by atomic mass is 32.1. The summed E-state index contributed by atoms with van der Waals surface area (Å²) in [5.41, 5.74) is 1.41. The molecule has 1 aliphatic heterocycles. The van der Waals surface area contributed by atoms with Gasteiger partial charge in [-0.2, -0.15) is 0 Å². The normalized spacial score (nSPS) is 18.0. The third kappa shape index (κ3) is 4.28. The summed E-state index contributed by atoms with van der Waals surface area (Å²) in [5.74, 6) is 0.105. The fraction of sp³-hybridized carbons (Fsp3) is 0.688. The third-order valence-corrected chi connectivity index (χ3v) is 5.13. The molecule has 1 unspecified atom stereocenters. The Morgan fingerprint density at radius 1 is 1.48 bits per heavy atom. The Morgan fingerprint density at radius 3 is 2.67 bits per heavy atom. The molecule has 5 heteroatoms. The number of hydrogen-bond donors (Lipinski definition) is 1. The summed E-state index contributed by atoms with van der Waals surface area (Å²) in [5, 5.41) is 3.72. The van der Waals surface area contributed by atoms with Gasteiger partial charge in [-0.05, 0) is 45.2 Å². The molecule has 0 spiro atoms. The van der Waals surface area contributed by atoms with Gasteiger partial charge in [0.15, 0.2) is 0 Å². The van der Waals surface area contributed by atoms with Crippen molar-refractivity contribution >= 4 is 17.2 Å². The molecule has 1 N–H and O–H groups in total. The van der Waals surface area contributed by atoms with Crippen molar-refractivity contribution < 1.29 is 9.53 Å². The number of rotatable bonds is 5. The standard InChI is InChI=1S/C16H26N2O2S/c1-11-9-15(13(3)21-11)12(2)17-14-5-7-18(8-6-14)16(19)10-20-4/h9,12,14,17H,5-8,10H2,1-4H3. The minimum atomic E-state index is 0.105. The van der Waals surface area contributed by atoms with Crippen molar-refractivity contribution in [3.63, 3.8) is 0 Å². The molecule has 0 aromatic carbocycles. The molecule has 0 saturated carbocycles. The van der Waals surface area contributed by atoms with E-state index in [1.165, 1.54) is 15.3 Å². The van der Waals surface area contributed by atoms with Crippen molar-refractivity contribution in [1.82, 2.24) is 10.2 Å². The van der Waals surface area contributed by atoms with E-state index in [1.807, 2.05) is 16.2 Å². The first-order valence-corrected chi connectivity index (χ1v) is 8.42. The second kappa shape index (κ2) is 7.38. The molecule has 21 heavy (non-hydrogen) atoms. The number of carbonyl (C=O) groups excluding carboxylic acids is 1. The molecule has 0 radical (unpaired) electrons. The lowest BCUT2D eigenvalue weighted by atomic mass is 10.0. The third-order valence-electron chi connectivity index (χ3n) is 4.15. The Balaban J connectivity index is 1.83. The van der Waals surface area contributed by atoms with Crippen LogP contribution in [0.15, 0.2) is 6.07 Å². The second-order valence-corrected chi connectivity index (χ2v) is 7.31. The van der Waals surface area contributed by atoms with E-state index in [1.54, 1.807) is 7.11 Å². The Kier molecular flexibility index (Phi) is 5.79. The second-order valence-electron chi connectivity index (χ2n) is 5.85. The molecule has 0 aliphatic carbocycles. The van der Waals surface area contributed by atoms with E-state index >= 15 is 0 Å². The Bertz CT molecular complexity index is 479. The van der Waals surface area contributed by atoms with Crippen LogP contribution in [0.1, 0.15) is 41.1 Å². The van der Waals surface area contributed by atoms with Crippen LogP contribution in [0, 0.1) is 13.8 Å². The predicted octanol–water partition coefficient (Wildman–Crippen LogP) is 2.65. The van der Waals surface area contributed by atoms with E-state index in [0.29, 0.717) is 12.1 Å². The molecule has 1 atom stereocenters. The zero-order valence-electron chi connectivity index (χ0n) is 13.4. The zero-order chi connectivity index (χ0) is 15.4. The largest absolute Gasteiger partial charge is 0.375 e. The van der Waals surface area contributed by atoms with Crippen LogP contribution in [0.2, 0.25) is 0 Å². The minimum Gasteiger partial charge on any atom is -0.375 e. The highest BCUT2D eigenvalue weighted by Gasteiger charge is 2.24. The lowest BCUT2D eigenvalue weighted by molar-refractivity contribution is -0.136. The summed E-state index contributed by atoms with van der Waals surface area (Å²) in [6, 6.07) is 3.15. The number of likely N-dealkylation sites (tertiary alicyclic amines) is 1. The van der Waals surface area contributed by atoms with Gasteiger partial charge in [-0.1, -0.05) is 0 Å². The number of carbonyl (C=O) groups is 1. The average molecular weight is 310 g/mol. The lowest BCUT2D eigenvalue weighted by Gasteiger charge is -2.34. The molecule has 0 bridgehead atoms. The van der Waals surface area contributed by atoms with Gasteiger partial charge in [0.05, 0.1) is 0 Å². The van der Waals surface area contributed by atoms with Crippen molar-refractivity contribution in [2.24, 2.45) is 0 Å². The van der Waals surface area contributed by atoms with Gasteiger partial charge in [-0.25, -0.2) is 0 Å². The molecular formula is C16H26N2O2S. The number of amides is 1. The molecular weight excluding hydrogens is 284 g/mol. The molecule has 1 aromatic rings. The molecule has 1 aromatic heterocycles. The van der Waals surface area contributed by atoms with Crippen LogP contribution in [0.5, 0.6) is 0 Å². The van der Waals surface area contributed by atoms with Crippen molar-refractivity contribution in [3.05, 3.63) is 21.4 Å². The number of nitrogens with one attached hydrogen (secondary N) is 1. The Morgan fingerprint density at radius 2 is 2.14 bits per heavy atom. The van der Waals surface area contributed by atoms with Crippen molar-refractivity contribution in [1.29, 1.82) is 0 Å². The number of hydrogen-bond acceptors (Lipinski definition) is 4. The fourth-order valence-corrected chi connectivity index (χ4v) is 4.06. The van der Waals surface area contributed by atoms with Gasteiger partial charge in [0.1, 0.15) is 6.61 Å². The highest BCUT2D eigenvalue weighted by Crippen LogP contribution is 2.27. The van der Waals surface area contributed by atoms with Gasteiger partial charge in [0.25, 0.3) is 0 Å². The van der Waals surface area contributed by atoms with E-state index < -0.39 is 0 Å². The summed E-state index contributed by atoms with van der Waals surface area (Å²) in [6.45, 7) is 8.44. The molecule has 4 nitrogen and oxygen atoms in total. The predicted molar refractivity (Wildman–Crippen MR) is 86.8 cm³/mol. The first kappa shape index (κ1) is 16.5. The number of piperidine rings is 1. The number of aryl methyl sites for hydroxylation is 2. The van der Waals surface area contributed by atoms with Crippen LogP contribution < -0.4 is 5.32 Å². The van der Waals surface area contributed by atoms with Crippen molar-refractivity contribution in [3.8, 4) is 0 Å². The van der Waals surface area contributed by atoms with Gasteiger partial charge in [-0.3, -0.25) is 4.79 Å². The zero-order valence-corrected chi connectivity index (χ0v) is 14.3. The van der Waals surface area contributed by atoms with Gasteiger partial charge >= 0.3 is 0 Å². The van der Waals surface area contributed by atoms with Crippen LogP contribution in [0.25, 0.3) is 0 Å². The Hall–Kier alpha value is -0.910. The summed E-state index contributed by atoms with van der Waals surface area (Å²) in [6.07, 6.45) is 2.03. The number of ether oxygens (including phenoxy) is 1. The lowest BCUT2D eigenvalue weighted by Crippen LogP contribution is -2.46. The first-order valence-electron chi connectivity index (χ1n) is 7.61. The van der Waals surface area contributed by atoms with Gasteiger partial charge in [-0.15, -0.1) is 11.3 Å². The van der Waals surface area contributed by atoms with E-state index in [0.717, 1.165) is 25.9 Å². The van der Waals surface area contributed by atoms with Crippen molar-refractivity contribution in [2.75, 3.05) is 26.8 Å². The summed E-state index contributed by atoms with van der Waals surface area (Å²) < 4.78 is 4.92. The number of thiophene rings is 1. The quantitative estimate of drug-likeness (QED) is 0.909. The van der Waals surface area contributed by atoms with Gasteiger partial charge in [0.2, 0.25) is 5.91 Å². The maximum atomic E-state index is 11.8. The van der Waals surface area contributed by atoms with Crippen LogP contribution in [0.3, 0.4) is 0 Å². The molecule has 1 aliphatic rings. The average Bonchev–Trinajstić information content (AvgIpc) is 2.79. The highest BCUT2D eigenvalue weighted by molar-refractivity contribution is 7.12. The van der Waals surface area contributed by atoms with Crippen LogP contribution in [0.4, 0.5) is 0 Å². The van der Waals surface area contributed by atoms with Crippen LogP contribution >= 0.6 is 11.3 Å². The monoisotopic (exact) mass is 310 g/mol. The van der Waals surface area contributed by atoms with Crippen LogP contribution in [-0.4, -0.2) is 43.7 Å². The molecule has 2 heterocycles. The van der Waals surface area contributed by atoms with Crippen LogP contribution in [-0.2, 0) is 9.53 Å². The van der Waals surface area contributed by atoms with E-state index in [9.17, 15) is 4.79 Å². The van der Waals surface area contributed by atoms with Crippen molar-refractivity contribution in [2.45, 2.75) is 45.7 Å². The van der Waals surface area contributed by atoms with Gasteiger partial charge < -0.3 is 15.0 Å². The SMILES string of the molecule is COCC(=O)N1CCC(NC(C)c2cc(C)sc2C)CC1. The van der Waals surface area contributed by atoms with E-state index in [2.05, 4.69) is 32.2 Å². The van der Waals surface area contributed by atoms with Gasteiger partial charge in [0, 0.05) is 42.0 Å². The summed E-state index contributed by atoms with van der Waals surface area (Å²) in [4.78, 5) is 16.5. The van der Waals surface area contributed by atoms with E-state index in [-0.39, 0.29) is 12.5 Å². The molecule has 2 rings (SSSR count). The molecule has 1 saturated heterocycles. The molecule has 118 valence electrons. The maximum Gasteiger partial charge on any atom is 0.248 e. The number of methoxy groups -OCH3 is 1. The number of nitrogens with zero attached hydrogens (tertiary/aromatic N) is 1. The first-order chi connectivity index (χ1) is 10.0. The smallest absolute Gasteiger partial charge is 0.248 e. The molecule has 1 fully saturated rings. The minimum absolute atomic E-state index is 0.105. The summed E-state index contributed by atoms with van der Waals surface area (Å²) >= 11 is 1.86. The van der Waals surface area contributed by atoms with E-state index in [4.69, 9.17) is 4.74 Å². The topological polar surface area (TPSA) is 41.6 Å². The maximum absolute atomic E-state index is 11.8. The Labute approximate surface area is 131 Å². The fourth-order valence-electron chi connectivity index (χ4n) is 3.03.